The number of rotatable bonds is 4. The lowest BCUT2D eigenvalue weighted by molar-refractivity contribution is -0.917. The summed E-state index contributed by atoms with van der Waals surface area (Å²) in [5, 5.41) is 0. The molecule has 0 aromatic heterocycles. The van der Waals surface area contributed by atoms with Gasteiger partial charge in [-0.25, -0.2) is 0 Å². The molecule has 4 aliphatic rings. The first-order valence-corrected chi connectivity index (χ1v) is 7.06. The lowest BCUT2D eigenvalue weighted by Crippen LogP contribution is -2.58. The highest BCUT2D eigenvalue weighted by molar-refractivity contribution is 5.20. The fraction of sp³-hybridized carbons (Fsp3) is 0.733. The molecule has 0 spiro atoms. The average Bonchev–Trinajstić information content (AvgIpc) is 2.23. The predicted octanol–water partition coefficient (Wildman–Crippen LogP) is 2.07. The maximum Gasteiger partial charge on any atom is 0.112 e. The number of quaternary nitrogens is 1. The van der Waals surface area contributed by atoms with Crippen molar-refractivity contribution in [1.82, 2.24) is 0 Å². The van der Waals surface area contributed by atoms with E-state index >= 15 is 0 Å². The second kappa shape index (κ2) is 3.88. The van der Waals surface area contributed by atoms with Gasteiger partial charge in [0.2, 0.25) is 0 Å². The zero-order chi connectivity index (χ0) is 12.0. The summed E-state index contributed by atoms with van der Waals surface area (Å²) in [4.78, 5) is 0. The fourth-order valence-corrected chi connectivity index (χ4v) is 3.96. The molecule has 3 unspecified atom stereocenters. The van der Waals surface area contributed by atoms with Gasteiger partial charge in [0.25, 0.3) is 0 Å². The van der Waals surface area contributed by atoms with Crippen molar-refractivity contribution in [3.05, 3.63) is 17.7 Å². The van der Waals surface area contributed by atoms with Gasteiger partial charge in [0, 0.05) is 17.9 Å². The van der Waals surface area contributed by atoms with Gasteiger partial charge in [-0.05, 0) is 32.1 Å². The van der Waals surface area contributed by atoms with Gasteiger partial charge < -0.3 is 9.06 Å². The minimum atomic E-state index is 0.815. The lowest BCUT2D eigenvalue weighted by Gasteiger charge is -2.51. The Bertz CT molecular complexity index is 371. The molecule has 0 aromatic carbocycles. The molecule has 1 saturated heterocycles. The van der Waals surface area contributed by atoms with Gasteiger partial charge in [-0.15, -0.1) is 0 Å². The Balaban J connectivity index is 1.60. The molecular weight excluding hydrogens is 208 g/mol. The summed E-state index contributed by atoms with van der Waals surface area (Å²) in [5.74, 6) is 1.71. The van der Waals surface area contributed by atoms with E-state index in [-0.39, 0.29) is 0 Å². The van der Waals surface area contributed by atoms with Gasteiger partial charge in [0.15, 0.2) is 0 Å². The van der Waals surface area contributed by atoms with Crippen molar-refractivity contribution in [3.8, 4) is 0 Å². The largest absolute Gasteiger partial charge is 0.369 e. The second-order valence-electron chi connectivity index (χ2n) is 6.51. The smallest absolute Gasteiger partial charge is 0.112 e. The molecule has 2 aliphatic heterocycles. The number of likely N-dealkylation sites (N-methyl/N-ethyl adjacent to an activating group) is 1. The van der Waals surface area contributed by atoms with Gasteiger partial charge >= 0.3 is 0 Å². The SMILES string of the molecule is C=[N+](CC)[C-]1CCC1C[N+]1(C)CC2=CC(C2)C1. The number of piperidine rings is 1. The average molecular weight is 233 g/mol. The summed E-state index contributed by atoms with van der Waals surface area (Å²) in [5.41, 5.74) is 1.71. The summed E-state index contributed by atoms with van der Waals surface area (Å²) >= 11 is 0. The van der Waals surface area contributed by atoms with E-state index in [4.69, 9.17) is 0 Å². The standard InChI is InChI=1S/C15H25N2/c1-4-16(2)15-6-5-14(15)11-17(3)9-12-7-13(8-12)10-17/h7,12,14H,2,4-6,8-11H2,1,3H3/q+1. The van der Waals surface area contributed by atoms with Crippen LogP contribution in [0.1, 0.15) is 26.2 Å². The third kappa shape index (κ3) is 1.93. The van der Waals surface area contributed by atoms with E-state index in [1.165, 1.54) is 43.4 Å². The molecule has 2 fully saturated rings. The third-order valence-electron chi connectivity index (χ3n) is 4.93. The molecule has 2 nitrogen and oxygen atoms in total. The first kappa shape index (κ1) is 11.3. The monoisotopic (exact) mass is 233 g/mol. The molecule has 17 heavy (non-hydrogen) atoms. The minimum absolute atomic E-state index is 0.815. The topological polar surface area (TPSA) is 3.01 Å². The van der Waals surface area contributed by atoms with Gasteiger partial charge in [-0.3, -0.25) is 0 Å². The van der Waals surface area contributed by atoms with Crippen LogP contribution in [0, 0.1) is 17.9 Å². The van der Waals surface area contributed by atoms with Crippen LogP contribution in [-0.4, -0.2) is 49.0 Å². The van der Waals surface area contributed by atoms with E-state index < -0.39 is 0 Å². The normalized spacial score (nSPS) is 39.2. The number of fused-ring (bicyclic) bond motifs is 2. The molecule has 2 bridgehead atoms. The fourth-order valence-electron chi connectivity index (χ4n) is 3.96. The molecule has 0 aromatic rings. The van der Waals surface area contributed by atoms with Crippen LogP contribution >= 0.6 is 0 Å². The van der Waals surface area contributed by atoms with Crippen LogP contribution < -0.4 is 0 Å². The van der Waals surface area contributed by atoms with E-state index in [0.29, 0.717) is 0 Å². The molecule has 2 heterocycles. The maximum absolute atomic E-state index is 4.15. The van der Waals surface area contributed by atoms with E-state index in [2.05, 4.69) is 31.3 Å². The second-order valence-corrected chi connectivity index (χ2v) is 6.51. The molecule has 2 heteroatoms. The van der Waals surface area contributed by atoms with Crippen molar-refractivity contribution < 1.29 is 9.06 Å². The Labute approximate surface area is 105 Å². The summed E-state index contributed by atoms with van der Waals surface area (Å²) in [6.45, 7) is 11.4. The molecule has 4 rings (SSSR count). The molecule has 0 radical (unpaired) electrons. The highest BCUT2D eigenvalue weighted by Gasteiger charge is 2.43. The molecule has 0 amide bonds. The van der Waals surface area contributed by atoms with Crippen molar-refractivity contribution in [1.29, 1.82) is 0 Å². The third-order valence-corrected chi connectivity index (χ3v) is 4.93. The zero-order valence-electron chi connectivity index (χ0n) is 11.3. The Kier molecular flexibility index (Phi) is 2.58. The summed E-state index contributed by atoms with van der Waals surface area (Å²) in [7, 11) is 2.45. The van der Waals surface area contributed by atoms with Gasteiger partial charge in [-0.1, -0.05) is 12.5 Å². The highest BCUT2D eigenvalue weighted by atomic mass is 15.3. The van der Waals surface area contributed by atoms with E-state index in [0.717, 1.165) is 18.4 Å². The zero-order valence-corrected chi connectivity index (χ0v) is 11.3. The van der Waals surface area contributed by atoms with Crippen LogP contribution in [0.15, 0.2) is 11.6 Å². The van der Waals surface area contributed by atoms with Crippen LogP contribution in [0.5, 0.6) is 0 Å². The minimum Gasteiger partial charge on any atom is -0.369 e. The summed E-state index contributed by atoms with van der Waals surface area (Å²) < 4.78 is 3.51. The van der Waals surface area contributed by atoms with Crippen molar-refractivity contribution in [2.24, 2.45) is 11.8 Å². The van der Waals surface area contributed by atoms with Crippen molar-refractivity contribution >= 4 is 6.72 Å². The van der Waals surface area contributed by atoms with E-state index in [1.54, 1.807) is 11.6 Å². The van der Waals surface area contributed by atoms with Crippen LogP contribution in [0.25, 0.3) is 0 Å². The first-order chi connectivity index (χ1) is 8.09. The Hall–Kier alpha value is -0.760. The highest BCUT2D eigenvalue weighted by Crippen LogP contribution is 2.42. The number of hydrogen-bond donors (Lipinski definition) is 0. The number of nitrogens with zero attached hydrogens (tertiary/aromatic N) is 2. The van der Waals surface area contributed by atoms with Gasteiger partial charge in [0.1, 0.15) is 13.1 Å². The molecule has 0 N–H and O–H groups in total. The molecular formula is C15H25N2+. The lowest BCUT2D eigenvalue weighted by atomic mass is 9.75. The summed E-state index contributed by atoms with van der Waals surface area (Å²) in [6, 6.07) is 1.61. The maximum atomic E-state index is 4.15. The van der Waals surface area contributed by atoms with Crippen LogP contribution in [0.4, 0.5) is 0 Å². The van der Waals surface area contributed by atoms with E-state index in [1.807, 2.05) is 0 Å². The Morgan fingerprint density at radius 2 is 2.35 bits per heavy atom. The van der Waals surface area contributed by atoms with Gasteiger partial charge in [0.05, 0.1) is 20.1 Å². The van der Waals surface area contributed by atoms with Crippen LogP contribution in [0.3, 0.4) is 0 Å². The van der Waals surface area contributed by atoms with Crippen molar-refractivity contribution in [2.45, 2.75) is 26.2 Å². The molecule has 3 atom stereocenters. The van der Waals surface area contributed by atoms with Crippen LogP contribution in [0.2, 0.25) is 0 Å². The summed E-state index contributed by atoms with van der Waals surface area (Å²) in [6.07, 6.45) is 6.57. The quantitative estimate of drug-likeness (QED) is 0.230. The van der Waals surface area contributed by atoms with Crippen molar-refractivity contribution in [2.75, 3.05) is 33.2 Å². The van der Waals surface area contributed by atoms with Crippen molar-refractivity contribution in [3.63, 3.8) is 0 Å². The Morgan fingerprint density at radius 3 is 2.82 bits per heavy atom. The molecule has 1 saturated carbocycles. The first-order valence-electron chi connectivity index (χ1n) is 7.06. The number of hydrogen-bond acceptors (Lipinski definition) is 0. The van der Waals surface area contributed by atoms with Crippen LogP contribution in [-0.2, 0) is 0 Å². The molecule has 94 valence electrons. The van der Waals surface area contributed by atoms with Gasteiger partial charge in [-0.2, -0.15) is 0 Å². The Morgan fingerprint density at radius 1 is 1.59 bits per heavy atom. The van der Waals surface area contributed by atoms with E-state index in [9.17, 15) is 0 Å². The predicted molar refractivity (Wildman–Crippen MR) is 70.9 cm³/mol. The molecule has 2 aliphatic carbocycles.